The van der Waals surface area contributed by atoms with Crippen LogP contribution >= 0.6 is 0 Å². The fourth-order valence-corrected chi connectivity index (χ4v) is 5.38. The Kier molecular flexibility index (Phi) is 9.04. The van der Waals surface area contributed by atoms with Crippen LogP contribution in [0.15, 0.2) is 41.9 Å². The SMILES string of the molecule is C=CC1=C(C)c2nc1cc1[n-]c(cc3nc(cc4[n-]c([o+]2)c(C=C)c4C)C(C)=C3CCC(=O)[O-])c(CCC(=O)[O-])c1C.[Fe]. The fraction of sp³-hybridized carbons (Fsp3) is 0.242. The van der Waals surface area contributed by atoms with Crippen LogP contribution in [-0.2, 0) is 33.1 Å². The zero-order chi connectivity index (χ0) is 30.3. The van der Waals surface area contributed by atoms with Gasteiger partial charge in [0.05, 0.1) is 28.2 Å². The first kappa shape index (κ1) is 31.4. The molecule has 5 heterocycles. The van der Waals surface area contributed by atoms with Crippen molar-refractivity contribution in [2.24, 2.45) is 0 Å². The number of fused-ring (bicyclic) bond motifs is 8. The topological polar surface area (TPSA) is 146 Å². The van der Waals surface area contributed by atoms with Gasteiger partial charge in [-0.2, -0.15) is 4.98 Å². The fourth-order valence-electron chi connectivity index (χ4n) is 5.38. The van der Waals surface area contributed by atoms with Crippen molar-refractivity contribution in [1.82, 2.24) is 19.9 Å². The van der Waals surface area contributed by atoms with Crippen LogP contribution in [-0.4, -0.2) is 21.9 Å². The number of carboxylic acids is 2. The zero-order valence-electron chi connectivity index (χ0n) is 24.3. The molecule has 43 heavy (non-hydrogen) atoms. The Labute approximate surface area is 259 Å². The van der Waals surface area contributed by atoms with Gasteiger partial charge in [-0.1, -0.05) is 54.1 Å². The molecular weight excluding hydrogens is 588 g/mol. The molecule has 3 aromatic rings. The van der Waals surface area contributed by atoms with Crippen LogP contribution in [0.5, 0.6) is 0 Å². The maximum absolute atomic E-state index is 11.4. The summed E-state index contributed by atoms with van der Waals surface area (Å²) in [4.78, 5) is 42.0. The summed E-state index contributed by atoms with van der Waals surface area (Å²) in [7, 11) is 0. The molecule has 8 bridgehead atoms. The summed E-state index contributed by atoms with van der Waals surface area (Å²) >= 11 is 0. The number of hydrogen-bond donors (Lipinski definition) is 0. The molecule has 2 aliphatic heterocycles. The number of aliphatic carboxylic acids is 2. The summed E-state index contributed by atoms with van der Waals surface area (Å²) in [5.41, 5.74) is 10.1. The molecule has 0 aliphatic carbocycles. The maximum Gasteiger partial charge on any atom is 0.454 e. The summed E-state index contributed by atoms with van der Waals surface area (Å²) in [6, 6.07) is 5.44. The summed E-state index contributed by atoms with van der Waals surface area (Å²) in [6.45, 7) is 15.5. The number of nitrogens with zero attached hydrogens (tertiary/aromatic N) is 4. The predicted octanol–water partition coefficient (Wildman–Crippen LogP) is 3.96. The van der Waals surface area contributed by atoms with Gasteiger partial charge in [0.25, 0.3) is 5.71 Å². The molecule has 0 fully saturated rings. The van der Waals surface area contributed by atoms with E-state index in [4.69, 9.17) is 24.4 Å². The number of allylic oxidation sites excluding steroid dienone is 5. The average molecular weight is 617 g/mol. The number of aryl methyl sites for hydroxylation is 3. The minimum absolute atomic E-state index is 0. The van der Waals surface area contributed by atoms with E-state index in [1.54, 1.807) is 18.2 Å². The van der Waals surface area contributed by atoms with Crippen molar-refractivity contribution < 1.29 is 41.3 Å². The van der Waals surface area contributed by atoms with Crippen LogP contribution in [0.3, 0.4) is 0 Å². The molecule has 222 valence electrons. The van der Waals surface area contributed by atoms with Crippen LogP contribution < -0.4 is 20.2 Å². The number of rotatable bonds is 8. The normalized spacial score (nSPS) is 12.7. The van der Waals surface area contributed by atoms with Gasteiger partial charge in [0, 0.05) is 34.6 Å². The van der Waals surface area contributed by atoms with E-state index in [-0.39, 0.29) is 42.8 Å². The molecule has 0 aromatic carbocycles. The molecule has 3 aromatic heterocycles. The van der Waals surface area contributed by atoms with Gasteiger partial charge >= 0.3 is 5.89 Å². The molecule has 0 saturated heterocycles. The van der Waals surface area contributed by atoms with E-state index < -0.39 is 11.9 Å². The first-order valence-corrected chi connectivity index (χ1v) is 13.6. The monoisotopic (exact) mass is 617 g/mol. The van der Waals surface area contributed by atoms with Crippen molar-refractivity contribution >= 4 is 62.6 Å². The van der Waals surface area contributed by atoms with Crippen molar-refractivity contribution in [3.63, 3.8) is 0 Å². The second kappa shape index (κ2) is 12.4. The van der Waals surface area contributed by atoms with E-state index in [2.05, 4.69) is 13.2 Å². The third-order valence-electron chi connectivity index (χ3n) is 7.82. The van der Waals surface area contributed by atoms with Gasteiger partial charge < -0.3 is 29.8 Å². The molecule has 9 nitrogen and oxygen atoms in total. The van der Waals surface area contributed by atoms with Crippen LogP contribution in [0.25, 0.3) is 50.6 Å². The molecule has 0 N–H and O–H groups in total. The number of aromatic nitrogens is 4. The summed E-state index contributed by atoms with van der Waals surface area (Å²) in [5, 5.41) is 22.8. The quantitative estimate of drug-likeness (QED) is 0.271. The third kappa shape index (κ3) is 5.89. The Morgan fingerprint density at radius 1 is 0.814 bits per heavy atom. The third-order valence-corrected chi connectivity index (χ3v) is 7.82. The molecule has 0 spiro atoms. The number of carbonyl (C=O) groups excluding carboxylic acids is 2. The molecular formula is C33H29FeN4O5-3. The van der Waals surface area contributed by atoms with Crippen molar-refractivity contribution in [2.45, 2.75) is 53.4 Å². The Morgan fingerprint density at radius 2 is 1.44 bits per heavy atom. The number of carbonyl (C=O) groups is 2. The minimum atomic E-state index is -1.17. The largest absolute Gasteiger partial charge is 0.657 e. The van der Waals surface area contributed by atoms with E-state index in [9.17, 15) is 19.8 Å². The first-order valence-electron chi connectivity index (χ1n) is 13.6. The minimum Gasteiger partial charge on any atom is -0.657 e. The molecule has 0 saturated carbocycles. The Hall–Kier alpha value is -4.53. The van der Waals surface area contributed by atoms with E-state index >= 15 is 0 Å². The van der Waals surface area contributed by atoms with E-state index in [0.29, 0.717) is 45.2 Å². The molecule has 0 unspecified atom stereocenters. The van der Waals surface area contributed by atoms with Gasteiger partial charge in [0.2, 0.25) is 0 Å². The Balaban J connectivity index is 0.00000423. The van der Waals surface area contributed by atoms with Gasteiger partial charge in [-0.05, 0) is 70.6 Å². The van der Waals surface area contributed by atoms with Crippen LogP contribution in [0.1, 0.15) is 78.3 Å². The molecule has 2 aliphatic rings. The number of carboxylic acid groups (broad SMARTS) is 2. The van der Waals surface area contributed by atoms with E-state index in [1.165, 1.54) is 0 Å². The molecule has 0 atom stereocenters. The maximum atomic E-state index is 11.4. The number of hydrogen-bond acceptors (Lipinski definition) is 6. The summed E-state index contributed by atoms with van der Waals surface area (Å²) in [6.07, 6.45) is 3.43. The van der Waals surface area contributed by atoms with E-state index in [0.717, 1.165) is 44.5 Å². The Bertz CT molecular complexity index is 1930. The van der Waals surface area contributed by atoms with Crippen LogP contribution in [0.4, 0.5) is 0 Å². The van der Waals surface area contributed by atoms with Gasteiger partial charge in [0.15, 0.2) is 0 Å². The predicted molar refractivity (Wildman–Crippen MR) is 158 cm³/mol. The van der Waals surface area contributed by atoms with Crippen molar-refractivity contribution in [3.8, 4) is 0 Å². The van der Waals surface area contributed by atoms with Gasteiger partial charge in [-0.25, -0.2) is 9.40 Å². The van der Waals surface area contributed by atoms with Crippen molar-refractivity contribution in [3.05, 3.63) is 82.7 Å². The van der Waals surface area contributed by atoms with E-state index in [1.807, 2.05) is 39.8 Å². The van der Waals surface area contributed by atoms with Crippen LogP contribution in [0, 0.1) is 13.8 Å². The average Bonchev–Trinajstić information content (AvgIpc) is 3.59. The summed E-state index contributed by atoms with van der Waals surface area (Å²) < 4.78 is 6.25. The molecule has 5 rings (SSSR count). The summed E-state index contributed by atoms with van der Waals surface area (Å²) in [5.74, 6) is -1.96. The molecule has 0 amide bonds. The van der Waals surface area contributed by atoms with Gasteiger partial charge in [-0.3, -0.25) is 0 Å². The van der Waals surface area contributed by atoms with Crippen LogP contribution in [0.2, 0.25) is 0 Å². The van der Waals surface area contributed by atoms with Gasteiger partial charge in [0.1, 0.15) is 0 Å². The standard InChI is InChI=1S/C33H32N4O5.Fe/c1-7-20-19(6)32-37-27(20)14-25-18(5)23(10-12-31(40)41)29(35-25)15-28-22(9-11-30(38)39)17(4)24(34-28)13-26-16(3)21(8-2)33(36-26)42-32;/h7-8,13-15H,1-2,9-12H2,3-6H3,(H3-,34,35,36,37,38,39,40,41);/p-3. The van der Waals surface area contributed by atoms with Crippen molar-refractivity contribution in [1.29, 1.82) is 0 Å². The van der Waals surface area contributed by atoms with Crippen molar-refractivity contribution in [2.75, 3.05) is 0 Å². The first-order chi connectivity index (χ1) is 20.0. The molecule has 10 heteroatoms. The smallest absolute Gasteiger partial charge is 0.454 e. The molecule has 0 radical (unpaired) electrons. The second-order valence-electron chi connectivity index (χ2n) is 10.3. The second-order valence-corrected chi connectivity index (χ2v) is 10.3. The zero-order valence-corrected chi connectivity index (χ0v) is 25.4. The van der Waals surface area contributed by atoms with Gasteiger partial charge in [-0.15, -0.1) is 16.6 Å². The Morgan fingerprint density at radius 3 is 2.09 bits per heavy atom.